The zero-order chi connectivity index (χ0) is 60.0. The summed E-state index contributed by atoms with van der Waals surface area (Å²) in [5.74, 6) is -0.612. The molecule has 9 nitrogen and oxygen atoms in total. The number of esters is 1. The average molecular weight is 1160 g/mol. The van der Waals surface area contributed by atoms with E-state index >= 15 is 0 Å². The summed E-state index contributed by atoms with van der Waals surface area (Å²) in [6, 6.07) is -0.923. The molecule has 82 heavy (non-hydrogen) atoms. The molecule has 3 unspecified atom stereocenters. The lowest BCUT2D eigenvalue weighted by atomic mass is 10.0. The van der Waals surface area contributed by atoms with E-state index in [1.54, 1.807) is 0 Å². The maximum absolute atomic E-state index is 13.6. The zero-order valence-electron chi connectivity index (χ0n) is 53.4. The minimum absolute atomic E-state index is 0.0393. The van der Waals surface area contributed by atoms with Crippen LogP contribution < -0.4 is 10.2 Å². The number of amides is 1. The van der Waals surface area contributed by atoms with Crippen molar-refractivity contribution in [3.63, 3.8) is 0 Å². The summed E-state index contributed by atoms with van der Waals surface area (Å²) in [7, 11) is 1.13. The molecule has 10 heteroatoms. The number of rotatable bonds is 58. The highest BCUT2D eigenvalue weighted by atomic mass is 31.2. The number of phosphoric acid groups is 1. The van der Waals surface area contributed by atoms with E-state index in [4.69, 9.17) is 13.8 Å². The second kappa shape index (κ2) is 60.3. The summed E-state index contributed by atoms with van der Waals surface area (Å²) in [5.41, 5.74) is 0. The first-order valence-corrected chi connectivity index (χ1v) is 34.5. The number of nitrogens with zero attached hydrogens (tertiary/aromatic N) is 1. The third kappa shape index (κ3) is 60.7. The fourth-order valence-electron chi connectivity index (χ4n) is 8.74. The van der Waals surface area contributed by atoms with E-state index < -0.39 is 26.6 Å². The van der Waals surface area contributed by atoms with Crippen LogP contribution in [0.1, 0.15) is 258 Å². The lowest BCUT2D eigenvalue weighted by molar-refractivity contribution is -0.870. The molecule has 0 saturated carbocycles. The molecule has 0 radical (unpaired) electrons. The number of likely N-dealkylation sites (N-methyl/N-ethyl adjacent to an activating group) is 1. The lowest BCUT2D eigenvalue weighted by Crippen LogP contribution is -2.47. The number of ether oxygens (including phenoxy) is 1. The van der Waals surface area contributed by atoms with Gasteiger partial charge in [-0.15, -0.1) is 0 Å². The van der Waals surface area contributed by atoms with Gasteiger partial charge in [0.25, 0.3) is 7.82 Å². The molecule has 0 aliphatic heterocycles. The molecule has 0 aromatic rings. The maximum Gasteiger partial charge on any atom is 0.306 e. The van der Waals surface area contributed by atoms with Gasteiger partial charge >= 0.3 is 5.97 Å². The summed E-state index contributed by atoms with van der Waals surface area (Å²) in [6.45, 7) is 6.65. The molecule has 0 spiro atoms. The Bertz CT molecular complexity index is 1860. The van der Waals surface area contributed by atoms with E-state index in [2.05, 4.69) is 148 Å². The van der Waals surface area contributed by atoms with Gasteiger partial charge in [0.15, 0.2) is 0 Å². The highest BCUT2D eigenvalue weighted by Crippen LogP contribution is 2.38. The van der Waals surface area contributed by atoms with Crippen LogP contribution in [-0.4, -0.2) is 69.4 Å². The van der Waals surface area contributed by atoms with E-state index in [1.165, 1.54) is 96.3 Å². The third-order valence-corrected chi connectivity index (χ3v) is 14.8. The van der Waals surface area contributed by atoms with E-state index in [0.717, 1.165) is 116 Å². The molecule has 1 amide bonds. The van der Waals surface area contributed by atoms with Gasteiger partial charge in [0.05, 0.1) is 33.8 Å². The molecule has 0 bridgehead atoms. The maximum atomic E-state index is 13.6. The number of hydrogen-bond acceptors (Lipinski definition) is 7. The number of allylic oxidation sites excluding steroid dienone is 21. The highest BCUT2D eigenvalue weighted by molar-refractivity contribution is 7.45. The van der Waals surface area contributed by atoms with Gasteiger partial charge < -0.3 is 28.5 Å². The number of phosphoric ester groups is 1. The summed E-state index contributed by atoms with van der Waals surface area (Å²) in [5, 5.41) is 3.01. The summed E-state index contributed by atoms with van der Waals surface area (Å²) in [4.78, 5) is 40.1. The topological polar surface area (TPSA) is 114 Å². The Labute approximate surface area is 505 Å². The van der Waals surface area contributed by atoms with Crippen LogP contribution in [0, 0.1) is 0 Å². The fourth-order valence-corrected chi connectivity index (χ4v) is 9.47. The lowest BCUT2D eigenvalue weighted by Gasteiger charge is -2.30. The van der Waals surface area contributed by atoms with Crippen molar-refractivity contribution in [2.45, 2.75) is 270 Å². The van der Waals surface area contributed by atoms with Crippen molar-refractivity contribution in [2.75, 3.05) is 40.9 Å². The van der Waals surface area contributed by atoms with Crippen LogP contribution in [0.3, 0.4) is 0 Å². The molecule has 0 aromatic heterocycles. The van der Waals surface area contributed by atoms with Crippen LogP contribution in [0.15, 0.2) is 134 Å². The van der Waals surface area contributed by atoms with Crippen molar-refractivity contribution in [3.05, 3.63) is 134 Å². The summed E-state index contributed by atoms with van der Waals surface area (Å²) < 4.78 is 30.3. The number of carbonyl (C=O) groups is 2. The first-order valence-electron chi connectivity index (χ1n) is 33.0. The van der Waals surface area contributed by atoms with E-state index in [1.807, 2.05) is 33.3 Å². The molecule has 0 saturated heterocycles. The van der Waals surface area contributed by atoms with Gasteiger partial charge in [0, 0.05) is 12.8 Å². The molecule has 1 N–H and O–H groups in total. The second-order valence-corrected chi connectivity index (χ2v) is 24.3. The molecule has 0 heterocycles. The van der Waals surface area contributed by atoms with Crippen LogP contribution in [0.4, 0.5) is 0 Å². The van der Waals surface area contributed by atoms with Crippen LogP contribution in [0.25, 0.3) is 0 Å². The summed E-state index contributed by atoms with van der Waals surface area (Å²) in [6.07, 6.45) is 85.6. The number of carbonyl (C=O) groups excluding carboxylic acids is 2. The number of unbranched alkanes of at least 4 members (excludes halogenated alkanes) is 22. The number of nitrogens with one attached hydrogen (secondary N) is 1. The van der Waals surface area contributed by atoms with Gasteiger partial charge in [-0.2, -0.15) is 0 Å². The van der Waals surface area contributed by atoms with Crippen LogP contribution in [0.2, 0.25) is 0 Å². The zero-order valence-corrected chi connectivity index (χ0v) is 54.3. The molecule has 468 valence electrons. The second-order valence-electron chi connectivity index (χ2n) is 22.9. The monoisotopic (exact) mass is 1160 g/mol. The van der Waals surface area contributed by atoms with Crippen LogP contribution >= 0.6 is 7.82 Å². The molecule has 0 fully saturated rings. The Hall–Kier alpha value is -3.85. The van der Waals surface area contributed by atoms with Crippen LogP contribution in [0.5, 0.6) is 0 Å². The molecular weight excluding hydrogens is 1040 g/mol. The molecular formula is C72H123N2O7P. The number of quaternary nitrogens is 1. The minimum atomic E-state index is -4.73. The van der Waals surface area contributed by atoms with Gasteiger partial charge in [0.1, 0.15) is 19.3 Å². The van der Waals surface area contributed by atoms with Crippen molar-refractivity contribution in [2.24, 2.45) is 0 Å². The molecule has 0 aliphatic rings. The van der Waals surface area contributed by atoms with Crippen molar-refractivity contribution in [1.82, 2.24) is 5.32 Å². The van der Waals surface area contributed by atoms with Crippen molar-refractivity contribution >= 4 is 19.7 Å². The Morgan fingerprint density at radius 3 is 1.21 bits per heavy atom. The van der Waals surface area contributed by atoms with Crippen molar-refractivity contribution < 1.29 is 37.3 Å². The van der Waals surface area contributed by atoms with Gasteiger partial charge in [-0.05, 0) is 128 Å². The predicted molar refractivity (Wildman–Crippen MR) is 353 cm³/mol. The van der Waals surface area contributed by atoms with Crippen LogP contribution in [-0.2, 0) is 27.9 Å². The van der Waals surface area contributed by atoms with E-state index in [-0.39, 0.29) is 31.3 Å². The fraction of sp³-hybridized carbons (Fsp3) is 0.667. The largest absolute Gasteiger partial charge is 0.756 e. The smallest absolute Gasteiger partial charge is 0.306 e. The SMILES string of the molecule is CC/C=C\C/C=C\C/C=C\C/C=C\C/C=C\C/C=C\CCCCC(=O)OC(/C=C/CCCCCCCCCCCC)C(COP(=O)([O-])OCC[N+](C)(C)C)NC(=O)CCCCCCCCC/C=C\C/C=C\C/C=C\C/C=C\CCCCC. The quantitative estimate of drug-likeness (QED) is 0.0212. The first kappa shape index (κ1) is 78.1. The third-order valence-electron chi connectivity index (χ3n) is 13.8. The number of hydrogen-bond donors (Lipinski definition) is 1. The van der Waals surface area contributed by atoms with Crippen molar-refractivity contribution in [3.8, 4) is 0 Å². The molecule has 0 rings (SSSR count). The van der Waals surface area contributed by atoms with Crippen molar-refractivity contribution in [1.29, 1.82) is 0 Å². The molecule has 0 aromatic carbocycles. The summed E-state index contributed by atoms with van der Waals surface area (Å²) >= 11 is 0. The average Bonchev–Trinajstić information content (AvgIpc) is 3.44. The van der Waals surface area contributed by atoms with Gasteiger partial charge in [-0.1, -0.05) is 251 Å². The Morgan fingerprint density at radius 1 is 0.439 bits per heavy atom. The minimum Gasteiger partial charge on any atom is -0.756 e. The standard InChI is InChI=1S/C72H123N2O7P/c1-7-10-13-16-19-22-25-28-30-32-34-36-37-39-40-42-44-46-49-52-55-58-61-64-71(75)73-69(68-80-82(77,78)79-67-66-74(4,5)6)70(63-60-57-54-51-48-27-24-21-18-15-12-9-3)81-72(76)65-62-59-56-53-50-47-45-43-41-38-35-33-31-29-26-23-20-17-14-11-8-2/h11,14,19-20,22-23,28-31,34-36,38-40,43,45,50,53,60,63,69-70H,7-10,12-13,15-18,21,24-27,32-33,37,41-42,44,46-49,51-52,54-59,61-62,64-68H2,1-6H3,(H-,73,75,77,78)/b14-11-,22-19-,23-20-,30-28-,31-29-,36-34-,38-35-,40-39-,45-43-,53-50-,63-60+. The van der Waals surface area contributed by atoms with E-state index in [9.17, 15) is 19.0 Å². The molecule has 0 aliphatic carbocycles. The Kier molecular flexibility index (Phi) is 57.4. The van der Waals surface area contributed by atoms with Gasteiger partial charge in [-0.25, -0.2) is 0 Å². The molecule has 3 atom stereocenters. The predicted octanol–water partition coefficient (Wildman–Crippen LogP) is 20.2. The normalized spacial score (nSPS) is 14.5. The Morgan fingerprint density at radius 2 is 0.780 bits per heavy atom. The highest BCUT2D eigenvalue weighted by Gasteiger charge is 2.27. The Balaban J connectivity index is 5.30. The van der Waals surface area contributed by atoms with Gasteiger partial charge in [-0.3, -0.25) is 14.2 Å². The van der Waals surface area contributed by atoms with E-state index in [0.29, 0.717) is 23.9 Å². The van der Waals surface area contributed by atoms with Gasteiger partial charge in [0.2, 0.25) is 5.91 Å². The first-order chi connectivity index (χ1) is 39.9.